The lowest BCUT2D eigenvalue weighted by Crippen LogP contribution is -2.15. The molecule has 1 aromatic rings. The molecule has 7 heteroatoms. The second kappa shape index (κ2) is 6.53. The molecule has 0 aromatic carbocycles. The van der Waals surface area contributed by atoms with Gasteiger partial charge in [0, 0.05) is 13.3 Å². The van der Waals surface area contributed by atoms with Crippen LogP contribution in [-0.4, -0.2) is 46.1 Å². The van der Waals surface area contributed by atoms with E-state index in [0.717, 1.165) is 0 Å². The van der Waals surface area contributed by atoms with Crippen LogP contribution in [0.3, 0.4) is 0 Å². The smallest absolute Gasteiger partial charge is 0.182 e. The predicted octanol–water partition coefficient (Wildman–Crippen LogP) is 0.100. The highest BCUT2D eigenvalue weighted by Crippen LogP contribution is 2.17. The fourth-order valence-corrected chi connectivity index (χ4v) is 2.44. The summed E-state index contributed by atoms with van der Waals surface area (Å²) in [7, 11) is -1.86. The lowest BCUT2D eigenvalue weighted by molar-refractivity contribution is 0.0785. The first-order valence-corrected chi connectivity index (χ1v) is 6.72. The van der Waals surface area contributed by atoms with Crippen LogP contribution in [0.1, 0.15) is 0 Å². The van der Waals surface area contributed by atoms with Crippen molar-refractivity contribution in [2.45, 2.75) is 4.90 Å². The number of anilines is 1. The fraction of sp³-hybridized carbons (Fsp3) is 0.500. The van der Waals surface area contributed by atoms with Crippen molar-refractivity contribution in [1.82, 2.24) is 4.98 Å². The van der Waals surface area contributed by atoms with Gasteiger partial charge >= 0.3 is 0 Å². The monoisotopic (exact) mass is 260 g/mol. The third-order valence-electron chi connectivity index (χ3n) is 2.07. The van der Waals surface area contributed by atoms with Crippen LogP contribution >= 0.6 is 0 Å². The Balaban J connectivity index is 2.55. The van der Waals surface area contributed by atoms with Gasteiger partial charge in [-0.3, -0.25) is 4.98 Å². The summed E-state index contributed by atoms with van der Waals surface area (Å²) in [4.78, 5) is 3.84. The zero-order valence-electron chi connectivity index (χ0n) is 9.63. The number of sulfone groups is 1. The Morgan fingerprint density at radius 1 is 1.35 bits per heavy atom. The summed E-state index contributed by atoms with van der Waals surface area (Å²) < 4.78 is 33.6. The molecule has 0 atom stereocenters. The maximum atomic E-state index is 11.9. The zero-order chi connectivity index (χ0) is 12.7. The van der Waals surface area contributed by atoms with E-state index in [0.29, 0.717) is 13.2 Å². The van der Waals surface area contributed by atoms with Gasteiger partial charge in [-0.05, 0) is 6.07 Å². The number of nitrogen functional groups attached to an aromatic ring is 1. The van der Waals surface area contributed by atoms with E-state index in [1.54, 1.807) is 7.11 Å². The normalized spacial score (nSPS) is 11.6. The summed E-state index contributed by atoms with van der Waals surface area (Å²) in [6.45, 7) is 0.933. The second-order valence-corrected chi connectivity index (χ2v) is 5.42. The highest BCUT2D eigenvalue weighted by molar-refractivity contribution is 7.91. The van der Waals surface area contributed by atoms with Crippen molar-refractivity contribution in [2.24, 2.45) is 0 Å². The van der Waals surface area contributed by atoms with E-state index in [1.807, 2.05) is 0 Å². The zero-order valence-corrected chi connectivity index (χ0v) is 10.4. The molecule has 1 heterocycles. The molecular weight excluding hydrogens is 244 g/mol. The van der Waals surface area contributed by atoms with Crippen LogP contribution in [0.5, 0.6) is 0 Å². The number of aromatic nitrogens is 1. The van der Waals surface area contributed by atoms with Gasteiger partial charge in [-0.2, -0.15) is 0 Å². The van der Waals surface area contributed by atoms with E-state index in [2.05, 4.69) is 4.98 Å². The van der Waals surface area contributed by atoms with Gasteiger partial charge in [0.05, 0.1) is 42.4 Å². The van der Waals surface area contributed by atoms with E-state index >= 15 is 0 Å². The lowest BCUT2D eigenvalue weighted by atomic mass is 10.4. The summed E-state index contributed by atoms with van der Waals surface area (Å²) >= 11 is 0. The molecule has 0 bridgehead atoms. The molecule has 0 saturated heterocycles. The molecule has 0 fully saturated rings. The molecule has 0 radical (unpaired) electrons. The van der Waals surface area contributed by atoms with Gasteiger partial charge in [0.1, 0.15) is 0 Å². The molecule has 0 saturated carbocycles. The molecule has 96 valence electrons. The molecule has 0 unspecified atom stereocenters. The van der Waals surface area contributed by atoms with Crippen molar-refractivity contribution in [1.29, 1.82) is 0 Å². The summed E-state index contributed by atoms with van der Waals surface area (Å²) in [5, 5.41) is 0. The van der Waals surface area contributed by atoms with Gasteiger partial charge in [0.25, 0.3) is 0 Å². The van der Waals surface area contributed by atoms with Crippen molar-refractivity contribution in [3.05, 3.63) is 18.5 Å². The minimum atomic E-state index is -3.41. The van der Waals surface area contributed by atoms with Gasteiger partial charge in [0.15, 0.2) is 9.84 Å². The van der Waals surface area contributed by atoms with Crippen LogP contribution < -0.4 is 5.73 Å². The predicted molar refractivity (Wildman–Crippen MR) is 63.4 cm³/mol. The van der Waals surface area contributed by atoms with E-state index in [9.17, 15) is 8.42 Å². The molecule has 0 aliphatic carbocycles. The SMILES string of the molecule is COCCOCCS(=O)(=O)c1ccncc1N. The standard InChI is InChI=1S/C10H16N2O4S/c1-15-4-5-16-6-7-17(13,14)10-2-3-12-8-9(10)11/h2-3,8H,4-7,11H2,1H3. The van der Waals surface area contributed by atoms with Crippen LogP contribution in [0.15, 0.2) is 23.4 Å². The van der Waals surface area contributed by atoms with Crippen LogP contribution in [0.4, 0.5) is 5.69 Å². The van der Waals surface area contributed by atoms with Crippen molar-refractivity contribution >= 4 is 15.5 Å². The average molecular weight is 260 g/mol. The van der Waals surface area contributed by atoms with Crippen molar-refractivity contribution in [3.63, 3.8) is 0 Å². The van der Waals surface area contributed by atoms with Gasteiger partial charge < -0.3 is 15.2 Å². The molecule has 2 N–H and O–H groups in total. The molecule has 17 heavy (non-hydrogen) atoms. The minimum Gasteiger partial charge on any atom is -0.396 e. The van der Waals surface area contributed by atoms with E-state index in [-0.39, 0.29) is 22.9 Å². The lowest BCUT2D eigenvalue weighted by Gasteiger charge is -2.07. The molecule has 0 aliphatic heterocycles. The van der Waals surface area contributed by atoms with E-state index < -0.39 is 9.84 Å². The van der Waals surface area contributed by atoms with Crippen LogP contribution in [0, 0.1) is 0 Å². The first-order chi connectivity index (χ1) is 8.08. The molecular formula is C10H16N2O4S. The maximum Gasteiger partial charge on any atom is 0.182 e. The minimum absolute atomic E-state index is 0.0999. The number of pyridine rings is 1. The number of nitrogens with zero attached hydrogens (tertiary/aromatic N) is 1. The Morgan fingerprint density at radius 3 is 2.76 bits per heavy atom. The second-order valence-electron chi connectivity index (χ2n) is 3.34. The quantitative estimate of drug-likeness (QED) is 0.699. The molecule has 6 nitrogen and oxygen atoms in total. The number of methoxy groups -OCH3 is 1. The number of rotatable bonds is 7. The van der Waals surface area contributed by atoms with E-state index in [4.69, 9.17) is 15.2 Å². The summed E-state index contributed by atoms with van der Waals surface area (Å²) in [6, 6.07) is 1.39. The molecule has 0 amide bonds. The first-order valence-electron chi connectivity index (χ1n) is 5.07. The van der Waals surface area contributed by atoms with Crippen LogP contribution in [0.2, 0.25) is 0 Å². The first kappa shape index (κ1) is 13.9. The Labute approximate surface area is 101 Å². The Kier molecular flexibility index (Phi) is 5.33. The summed E-state index contributed by atoms with van der Waals surface area (Å²) in [6.07, 6.45) is 2.72. The molecule has 1 aromatic heterocycles. The third-order valence-corrected chi connectivity index (χ3v) is 3.82. The highest BCUT2D eigenvalue weighted by Gasteiger charge is 2.17. The third kappa shape index (κ3) is 4.29. The Morgan fingerprint density at radius 2 is 2.12 bits per heavy atom. The number of hydrogen-bond donors (Lipinski definition) is 1. The molecule has 0 aliphatic rings. The van der Waals surface area contributed by atoms with Gasteiger partial charge in [-0.15, -0.1) is 0 Å². The highest BCUT2D eigenvalue weighted by atomic mass is 32.2. The number of nitrogens with two attached hydrogens (primary N) is 1. The van der Waals surface area contributed by atoms with Gasteiger partial charge in [0.2, 0.25) is 0 Å². The topological polar surface area (TPSA) is 91.5 Å². The van der Waals surface area contributed by atoms with Crippen molar-refractivity contribution < 1.29 is 17.9 Å². The maximum absolute atomic E-state index is 11.9. The Hall–Kier alpha value is -1.18. The molecule has 0 spiro atoms. The van der Waals surface area contributed by atoms with Crippen LogP contribution in [0.25, 0.3) is 0 Å². The van der Waals surface area contributed by atoms with Crippen LogP contribution in [-0.2, 0) is 19.3 Å². The summed E-state index contributed by atoms with van der Waals surface area (Å²) in [5.41, 5.74) is 5.71. The number of hydrogen-bond acceptors (Lipinski definition) is 6. The number of ether oxygens (including phenoxy) is 2. The molecule has 1 rings (SSSR count). The van der Waals surface area contributed by atoms with Crippen molar-refractivity contribution in [2.75, 3.05) is 38.4 Å². The van der Waals surface area contributed by atoms with E-state index in [1.165, 1.54) is 18.5 Å². The fourth-order valence-electron chi connectivity index (χ4n) is 1.20. The van der Waals surface area contributed by atoms with Gasteiger partial charge in [-0.25, -0.2) is 8.42 Å². The largest absolute Gasteiger partial charge is 0.396 e. The average Bonchev–Trinajstić information content (AvgIpc) is 2.29. The van der Waals surface area contributed by atoms with Gasteiger partial charge in [-0.1, -0.05) is 0 Å². The summed E-state index contributed by atoms with van der Waals surface area (Å²) in [5.74, 6) is -0.106. The van der Waals surface area contributed by atoms with Crippen molar-refractivity contribution in [3.8, 4) is 0 Å². The Bertz CT molecular complexity index is 447.